The van der Waals surface area contributed by atoms with Crippen molar-refractivity contribution in [1.29, 1.82) is 10.7 Å². The first-order chi connectivity index (χ1) is 12.7. The molecule has 1 aromatic heterocycles. The van der Waals surface area contributed by atoms with Crippen molar-refractivity contribution in [3.05, 3.63) is 59.6 Å². The Bertz CT molecular complexity index is 1060. The number of amidine groups is 1. The lowest BCUT2D eigenvalue weighted by Crippen LogP contribution is -2.33. The van der Waals surface area contributed by atoms with Gasteiger partial charge in [0, 0.05) is 6.07 Å². The van der Waals surface area contributed by atoms with Crippen LogP contribution in [-0.4, -0.2) is 25.9 Å². The van der Waals surface area contributed by atoms with Crippen LogP contribution >= 0.6 is 0 Å². The van der Waals surface area contributed by atoms with Gasteiger partial charge in [-0.05, 0) is 30.3 Å². The molecule has 0 spiro atoms. The van der Waals surface area contributed by atoms with Gasteiger partial charge in [-0.25, -0.2) is 13.1 Å². The second-order valence-electron chi connectivity index (χ2n) is 5.01. The molecule has 0 bridgehead atoms. The van der Waals surface area contributed by atoms with Crippen molar-refractivity contribution in [3.63, 3.8) is 0 Å². The van der Waals surface area contributed by atoms with Gasteiger partial charge in [-0.3, -0.25) is 15.6 Å². The summed E-state index contributed by atoms with van der Waals surface area (Å²) in [6.45, 7) is 0. The Morgan fingerprint density at radius 3 is 2.52 bits per heavy atom. The molecule has 0 atom stereocenters. The molecule has 0 unspecified atom stereocenters. The number of nitriles is 1. The largest absolute Gasteiger partial charge is 0.619 e. The highest BCUT2D eigenvalue weighted by Crippen LogP contribution is 2.14. The van der Waals surface area contributed by atoms with Crippen molar-refractivity contribution in [2.24, 2.45) is 10.8 Å². The molecule has 0 fully saturated rings. The van der Waals surface area contributed by atoms with Crippen molar-refractivity contribution in [1.82, 2.24) is 4.72 Å². The molecule has 12 heteroatoms. The number of carbonyl (C=O) groups excluding carboxylic acids is 1. The summed E-state index contributed by atoms with van der Waals surface area (Å²) in [6, 6.07) is 9.31. The second-order valence-corrected chi connectivity index (χ2v) is 6.69. The zero-order chi connectivity index (χ0) is 20.0. The maximum atomic E-state index is 12.3. The first-order valence-electron chi connectivity index (χ1n) is 7.17. The second kappa shape index (κ2) is 7.93. The minimum Gasteiger partial charge on any atom is -0.619 e. The molecule has 0 aliphatic rings. The zero-order valence-electron chi connectivity index (χ0n) is 13.6. The van der Waals surface area contributed by atoms with E-state index in [0.717, 1.165) is 12.4 Å². The summed E-state index contributed by atoms with van der Waals surface area (Å²) < 4.78 is 26.8. The maximum Gasteiger partial charge on any atom is 0.271 e. The van der Waals surface area contributed by atoms with E-state index in [1.54, 1.807) is 6.07 Å². The topological polar surface area (TPSA) is 188 Å². The SMILES string of the molecule is N#C/C(=N\Nc1ccc(S(=O)(=O)NC(=O)c2ccc[n+]([O-])c2)cc1)C(=N)N. The lowest BCUT2D eigenvalue weighted by molar-refractivity contribution is -0.605. The first-order valence-corrected chi connectivity index (χ1v) is 8.65. The highest BCUT2D eigenvalue weighted by atomic mass is 32.2. The van der Waals surface area contributed by atoms with E-state index in [0.29, 0.717) is 10.4 Å². The normalized spacial score (nSPS) is 11.3. The Hall–Kier alpha value is -3.98. The van der Waals surface area contributed by atoms with Gasteiger partial charge in [0.2, 0.25) is 5.71 Å². The molecule has 2 rings (SSSR count). The van der Waals surface area contributed by atoms with Gasteiger partial charge in [0.25, 0.3) is 15.9 Å². The van der Waals surface area contributed by atoms with Crippen molar-refractivity contribution >= 4 is 33.2 Å². The number of carbonyl (C=O) groups is 1. The highest BCUT2D eigenvalue weighted by Gasteiger charge is 2.20. The van der Waals surface area contributed by atoms with E-state index in [-0.39, 0.29) is 16.2 Å². The molecule has 5 N–H and O–H groups in total. The van der Waals surface area contributed by atoms with Crippen molar-refractivity contribution in [2.45, 2.75) is 4.90 Å². The molecule has 0 saturated carbocycles. The van der Waals surface area contributed by atoms with Crippen LogP contribution in [0, 0.1) is 21.9 Å². The Labute approximate surface area is 153 Å². The fourth-order valence-corrected chi connectivity index (χ4v) is 2.78. The number of nitrogens with zero attached hydrogens (tertiary/aromatic N) is 3. The molecule has 1 aromatic carbocycles. The number of sulfonamides is 1. The Morgan fingerprint density at radius 1 is 1.30 bits per heavy atom. The average molecular weight is 387 g/mol. The van der Waals surface area contributed by atoms with Gasteiger partial charge in [-0.15, -0.1) is 0 Å². The summed E-state index contributed by atoms with van der Waals surface area (Å²) in [5.41, 5.74) is 7.47. The minimum absolute atomic E-state index is 0.114. The highest BCUT2D eigenvalue weighted by molar-refractivity contribution is 7.90. The molecule has 11 nitrogen and oxygen atoms in total. The minimum atomic E-state index is -4.17. The third-order valence-corrected chi connectivity index (χ3v) is 4.43. The van der Waals surface area contributed by atoms with E-state index >= 15 is 0 Å². The van der Waals surface area contributed by atoms with Crippen LogP contribution in [0.3, 0.4) is 0 Å². The van der Waals surface area contributed by atoms with E-state index in [2.05, 4.69) is 10.5 Å². The van der Waals surface area contributed by atoms with Gasteiger partial charge in [-0.2, -0.15) is 15.1 Å². The molecular formula is C15H13N7O4S. The number of hydrogen-bond donors (Lipinski definition) is 4. The third-order valence-electron chi connectivity index (χ3n) is 3.09. The summed E-state index contributed by atoms with van der Waals surface area (Å²) in [5, 5.41) is 30.6. The number of hydrogen-bond acceptors (Lipinski definition) is 8. The predicted octanol–water partition coefficient (Wildman–Crippen LogP) is -0.334. The van der Waals surface area contributed by atoms with Gasteiger partial charge >= 0.3 is 0 Å². The van der Waals surface area contributed by atoms with Gasteiger partial charge in [-0.1, -0.05) is 0 Å². The third kappa shape index (κ3) is 5.00. The lowest BCUT2D eigenvalue weighted by Gasteiger charge is -2.08. The van der Waals surface area contributed by atoms with Gasteiger partial charge < -0.3 is 10.9 Å². The van der Waals surface area contributed by atoms with Crippen LogP contribution in [0.5, 0.6) is 0 Å². The molecule has 138 valence electrons. The fourth-order valence-electron chi connectivity index (χ4n) is 1.80. The molecular weight excluding hydrogens is 374 g/mol. The van der Waals surface area contributed by atoms with Crippen LogP contribution in [0.2, 0.25) is 0 Å². The first kappa shape index (κ1) is 19.3. The standard InChI is InChI=1S/C15H13N7O4S/c16-8-13(14(17)18)20-19-11-3-5-12(6-4-11)27(25,26)21-15(23)10-2-1-7-22(24)9-10/h1-7,9,19H,(H3,17,18)(H,21,23)/b20-13+. The Morgan fingerprint density at radius 2 is 1.96 bits per heavy atom. The summed E-state index contributed by atoms with van der Waals surface area (Å²) in [5.74, 6) is -1.47. The number of pyridine rings is 1. The molecule has 1 heterocycles. The smallest absolute Gasteiger partial charge is 0.271 e. The number of aromatic nitrogens is 1. The average Bonchev–Trinajstić information content (AvgIpc) is 2.62. The van der Waals surface area contributed by atoms with Crippen LogP contribution in [0.4, 0.5) is 5.69 Å². The van der Waals surface area contributed by atoms with E-state index in [9.17, 15) is 18.4 Å². The number of nitrogens with two attached hydrogens (primary N) is 1. The van der Waals surface area contributed by atoms with Crippen LogP contribution in [0.15, 0.2) is 58.8 Å². The number of rotatable bonds is 6. The number of hydrazone groups is 1. The van der Waals surface area contributed by atoms with Crippen molar-refractivity contribution in [3.8, 4) is 6.07 Å². The number of benzene rings is 1. The monoisotopic (exact) mass is 387 g/mol. The molecule has 2 aromatic rings. The zero-order valence-corrected chi connectivity index (χ0v) is 14.4. The van der Waals surface area contributed by atoms with Crippen molar-refractivity contribution in [2.75, 3.05) is 5.43 Å². The molecule has 0 aliphatic carbocycles. The van der Waals surface area contributed by atoms with E-state index in [1.165, 1.54) is 36.4 Å². The quantitative estimate of drug-likeness (QED) is 0.171. The molecule has 0 aliphatic heterocycles. The van der Waals surface area contributed by atoms with Crippen LogP contribution in [-0.2, 0) is 10.0 Å². The number of anilines is 1. The van der Waals surface area contributed by atoms with Crippen molar-refractivity contribution < 1.29 is 17.9 Å². The predicted molar refractivity (Wildman–Crippen MR) is 95.1 cm³/mol. The van der Waals surface area contributed by atoms with Crippen LogP contribution in [0.25, 0.3) is 0 Å². The summed E-state index contributed by atoms with van der Waals surface area (Å²) in [6.07, 6.45) is 2.10. The summed E-state index contributed by atoms with van der Waals surface area (Å²) >= 11 is 0. The maximum absolute atomic E-state index is 12.3. The Kier molecular flexibility index (Phi) is 5.68. The fraction of sp³-hybridized carbons (Fsp3) is 0. The van der Waals surface area contributed by atoms with Gasteiger partial charge in [0.15, 0.2) is 18.2 Å². The molecule has 0 radical (unpaired) electrons. The number of amides is 1. The number of nitrogens with one attached hydrogen (secondary N) is 3. The van der Waals surface area contributed by atoms with Gasteiger partial charge in [0.1, 0.15) is 11.6 Å². The summed E-state index contributed by atoms with van der Waals surface area (Å²) in [4.78, 5) is 11.8. The molecule has 1 amide bonds. The van der Waals surface area contributed by atoms with Gasteiger partial charge in [0.05, 0.1) is 10.6 Å². The Balaban J connectivity index is 2.14. The lowest BCUT2D eigenvalue weighted by atomic mass is 10.3. The van der Waals surface area contributed by atoms with Crippen LogP contribution in [0.1, 0.15) is 10.4 Å². The van der Waals surface area contributed by atoms with E-state index in [1.807, 2.05) is 4.72 Å². The van der Waals surface area contributed by atoms with Crippen LogP contribution < -0.4 is 20.6 Å². The van der Waals surface area contributed by atoms with E-state index < -0.39 is 21.8 Å². The summed E-state index contributed by atoms with van der Waals surface area (Å²) in [7, 11) is -4.17. The molecule has 27 heavy (non-hydrogen) atoms. The van der Waals surface area contributed by atoms with E-state index in [4.69, 9.17) is 16.4 Å². The molecule has 0 saturated heterocycles.